The van der Waals surface area contributed by atoms with Crippen LogP contribution in [0.25, 0.3) is 0 Å². The first-order chi connectivity index (χ1) is 11.8. The number of nitrogens with one attached hydrogen (secondary N) is 1. The number of nitro benzene ring substituents is 1. The lowest BCUT2D eigenvalue weighted by Crippen LogP contribution is -2.14. The van der Waals surface area contributed by atoms with Crippen LogP contribution in [-0.4, -0.2) is 33.0 Å². The number of aliphatic carboxylic acids is 1. The summed E-state index contributed by atoms with van der Waals surface area (Å²) in [7, 11) is 0. The molecular weight excluding hydrogens is 332 g/mol. The van der Waals surface area contributed by atoms with Crippen molar-refractivity contribution < 1.29 is 29.5 Å². The third-order valence-corrected chi connectivity index (χ3v) is 3.26. The largest absolute Gasteiger partial charge is 0.481 e. The number of non-ortho nitro benzene ring substituents is 1. The molecule has 0 heterocycles. The lowest BCUT2D eigenvalue weighted by atomic mass is 10.0. The maximum Gasteiger partial charge on any atom is 0.336 e. The van der Waals surface area contributed by atoms with Gasteiger partial charge in [0.05, 0.1) is 16.9 Å². The van der Waals surface area contributed by atoms with Crippen molar-refractivity contribution in [1.29, 1.82) is 0 Å². The van der Waals surface area contributed by atoms with Crippen molar-refractivity contribution in [2.24, 2.45) is 0 Å². The number of carboxylic acid groups (broad SMARTS) is 2. The summed E-state index contributed by atoms with van der Waals surface area (Å²) in [6.45, 7) is 0. The number of nitrogens with zero attached hydrogens (tertiary/aromatic N) is 1. The lowest BCUT2D eigenvalue weighted by molar-refractivity contribution is -0.384. The first kappa shape index (κ1) is 17.6. The minimum absolute atomic E-state index is 0.0284. The summed E-state index contributed by atoms with van der Waals surface area (Å²) >= 11 is 0. The van der Waals surface area contributed by atoms with Gasteiger partial charge in [-0.15, -0.1) is 0 Å². The third kappa shape index (κ3) is 4.38. The Morgan fingerprint density at radius 1 is 1.08 bits per heavy atom. The van der Waals surface area contributed by atoms with Crippen LogP contribution in [0.2, 0.25) is 0 Å². The monoisotopic (exact) mass is 344 g/mol. The molecule has 0 saturated carbocycles. The SMILES string of the molecule is O=C(O)Cc1ccc(NC(=O)c2cccc([N+](=O)[O-])c2)cc1C(=O)O. The van der Waals surface area contributed by atoms with E-state index in [1.807, 2.05) is 0 Å². The van der Waals surface area contributed by atoms with E-state index >= 15 is 0 Å². The summed E-state index contributed by atoms with van der Waals surface area (Å²) in [5.41, 5.74) is -0.257. The highest BCUT2D eigenvalue weighted by Crippen LogP contribution is 2.19. The maximum atomic E-state index is 12.2. The standard InChI is InChI=1S/C16H12N2O7/c19-14(20)7-9-4-5-11(8-13(9)16(22)23)17-15(21)10-2-1-3-12(6-10)18(24)25/h1-6,8H,7H2,(H,17,21)(H,19,20)(H,22,23). The van der Waals surface area contributed by atoms with Crippen LogP contribution < -0.4 is 5.32 Å². The molecule has 0 aliphatic carbocycles. The Kier molecular flexibility index (Phi) is 5.08. The Balaban J connectivity index is 2.27. The second-order valence-corrected chi connectivity index (χ2v) is 5.01. The van der Waals surface area contributed by atoms with E-state index in [4.69, 9.17) is 5.11 Å². The van der Waals surface area contributed by atoms with Crippen molar-refractivity contribution in [1.82, 2.24) is 0 Å². The number of carbonyl (C=O) groups is 3. The van der Waals surface area contributed by atoms with E-state index in [1.54, 1.807) is 0 Å². The molecule has 2 aromatic rings. The Morgan fingerprint density at radius 3 is 2.40 bits per heavy atom. The first-order valence-corrected chi connectivity index (χ1v) is 6.91. The summed E-state index contributed by atoms with van der Waals surface area (Å²) in [6, 6.07) is 8.84. The molecular formula is C16H12N2O7. The van der Waals surface area contributed by atoms with E-state index in [1.165, 1.54) is 30.3 Å². The number of amides is 1. The zero-order valence-electron chi connectivity index (χ0n) is 12.6. The van der Waals surface area contributed by atoms with E-state index in [2.05, 4.69) is 5.32 Å². The zero-order valence-corrected chi connectivity index (χ0v) is 12.6. The van der Waals surface area contributed by atoms with Gasteiger partial charge in [0.1, 0.15) is 0 Å². The number of carboxylic acids is 2. The molecule has 0 aliphatic heterocycles. The van der Waals surface area contributed by atoms with E-state index in [9.17, 15) is 29.6 Å². The molecule has 0 aromatic heterocycles. The number of anilines is 1. The Bertz CT molecular complexity index is 877. The summed E-state index contributed by atoms with van der Waals surface area (Å²) < 4.78 is 0. The average Bonchev–Trinajstić information content (AvgIpc) is 2.55. The first-order valence-electron chi connectivity index (χ1n) is 6.91. The predicted octanol–water partition coefficient (Wildman–Crippen LogP) is 2.17. The van der Waals surface area contributed by atoms with Crippen molar-refractivity contribution in [3.8, 4) is 0 Å². The molecule has 1 amide bonds. The van der Waals surface area contributed by atoms with Crippen molar-refractivity contribution in [2.45, 2.75) is 6.42 Å². The van der Waals surface area contributed by atoms with Crippen LogP contribution in [0, 0.1) is 10.1 Å². The highest BCUT2D eigenvalue weighted by molar-refractivity contribution is 6.05. The van der Waals surface area contributed by atoms with E-state index in [-0.39, 0.29) is 28.1 Å². The number of carbonyl (C=O) groups excluding carboxylic acids is 1. The van der Waals surface area contributed by atoms with Gasteiger partial charge in [0.2, 0.25) is 0 Å². The minimum Gasteiger partial charge on any atom is -0.481 e. The van der Waals surface area contributed by atoms with Gasteiger partial charge in [0.25, 0.3) is 11.6 Å². The van der Waals surface area contributed by atoms with Gasteiger partial charge >= 0.3 is 11.9 Å². The van der Waals surface area contributed by atoms with Crippen molar-refractivity contribution in [3.05, 3.63) is 69.3 Å². The van der Waals surface area contributed by atoms with Crippen molar-refractivity contribution in [3.63, 3.8) is 0 Å². The summed E-state index contributed by atoms with van der Waals surface area (Å²) in [4.78, 5) is 44.3. The van der Waals surface area contributed by atoms with Crippen LogP contribution in [0.3, 0.4) is 0 Å². The molecule has 0 bridgehead atoms. The molecule has 128 valence electrons. The fraction of sp³-hybridized carbons (Fsp3) is 0.0625. The molecule has 0 atom stereocenters. The van der Waals surface area contributed by atoms with Crippen molar-refractivity contribution in [2.75, 3.05) is 5.32 Å². The number of nitro groups is 1. The molecule has 0 radical (unpaired) electrons. The van der Waals surface area contributed by atoms with Crippen LogP contribution >= 0.6 is 0 Å². The maximum absolute atomic E-state index is 12.2. The van der Waals surface area contributed by atoms with Crippen LogP contribution in [0.15, 0.2) is 42.5 Å². The van der Waals surface area contributed by atoms with Crippen LogP contribution in [-0.2, 0) is 11.2 Å². The summed E-state index contributed by atoms with van der Waals surface area (Å²) in [5.74, 6) is -3.18. The zero-order chi connectivity index (χ0) is 18.6. The average molecular weight is 344 g/mol. The van der Waals surface area contributed by atoms with E-state index in [0.717, 1.165) is 12.1 Å². The molecule has 0 fully saturated rings. The molecule has 0 saturated heterocycles. The lowest BCUT2D eigenvalue weighted by Gasteiger charge is -2.09. The molecule has 9 heteroatoms. The normalized spacial score (nSPS) is 10.1. The van der Waals surface area contributed by atoms with Gasteiger partial charge in [0.15, 0.2) is 0 Å². The molecule has 0 aliphatic rings. The Labute approximate surface area is 140 Å². The van der Waals surface area contributed by atoms with Crippen LogP contribution in [0.5, 0.6) is 0 Å². The number of hydrogen-bond donors (Lipinski definition) is 3. The van der Waals surface area contributed by atoms with Crippen molar-refractivity contribution >= 4 is 29.2 Å². The number of benzene rings is 2. The Morgan fingerprint density at radius 2 is 1.80 bits per heavy atom. The third-order valence-electron chi connectivity index (χ3n) is 3.26. The van der Waals surface area contributed by atoms with Crippen LogP contribution in [0.4, 0.5) is 11.4 Å². The number of hydrogen-bond acceptors (Lipinski definition) is 5. The Hall–Kier alpha value is -3.75. The van der Waals surface area contributed by atoms with Crippen LogP contribution in [0.1, 0.15) is 26.3 Å². The topological polar surface area (TPSA) is 147 Å². The molecule has 2 rings (SSSR count). The van der Waals surface area contributed by atoms with Gasteiger partial charge < -0.3 is 15.5 Å². The van der Waals surface area contributed by atoms with E-state index in [0.29, 0.717) is 0 Å². The van der Waals surface area contributed by atoms with Gasteiger partial charge in [-0.25, -0.2) is 4.79 Å². The van der Waals surface area contributed by atoms with Gasteiger partial charge in [0, 0.05) is 23.4 Å². The highest BCUT2D eigenvalue weighted by Gasteiger charge is 2.16. The molecule has 3 N–H and O–H groups in total. The molecule has 25 heavy (non-hydrogen) atoms. The fourth-order valence-electron chi connectivity index (χ4n) is 2.13. The number of rotatable bonds is 6. The van der Waals surface area contributed by atoms with Gasteiger partial charge in [-0.1, -0.05) is 12.1 Å². The molecule has 2 aromatic carbocycles. The van der Waals surface area contributed by atoms with Gasteiger partial charge in [-0.05, 0) is 23.8 Å². The van der Waals surface area contributed by atoms with Gasteiger partial charge in [-0.3, -0.25) is 19.7 Å². The second kappa shape index (κ2) is 7.21. The van der Waals surface area contributed by atoms with E-state index < -0.39 is 29.2 Å². The molecule has 9 nitrogen and oxygen atoms in total. The quantitative estimate of drug-likeness (QED) is 0.537. The number of aromatic carboxylic acids is 1. The van der Waals surface area contributed by atoms with Gasteiger partial charge in [-0.2, -0.15) is 0 Å². The summed E-state index contributed by atoms with van der Waals surface area (Å²) in [6.07, 6.45) is -0.471. The smallest absolute Gasteiger partial charge is 0.336 e. The molecule has 0 spiro atoms. The highest BCUT2D eigenvalue weighted by atomic mass is 16.6. The predicted molar refractivity (Wildman–Crippen MR) is 85.8 cm³/mol. The second-order valence-electron chi connectivity index (χ2n) is 5.01. The summed E-state index contributed by atoms with van der Waals surface area (Å²) in [5, 5.41) is 31.1. The minimum atomic E-state index is -1.33. The fourth-order valence-corrected chi connectivity index (χ4v) is 2.13. The molecule has 0 unspecified atom stereocenters.